The van der Waals surface area contributed by atoms with Crippen molar-refractivity contribution < 1.29 is 32.7 Å². The Bertz CT molecular complexity index is 1210. The van der Waals surface area contributed by atoms with Crippen LogP contribution in [0.4, 0.5) is 13.2 Å². The molecule has 2 aliphatic rings. The average molecular weight is 561 g/mol. The van der Waals surface area contributed by atoms with Crippen molar-refractivity contribution in [1.82, 2.24) is 20.9 Å². The maximum atomic E-state index is 12.9. The van der Waals surface area contributed by atoms with Gasteiger partial charge in [0.25, 0.3) is 11.8 Å². The average Bonchev–Trinajstić information content (AvgIpc) is 3.40. The van der Waals surface area contributed by atoms with Crippen LogP contribution in [0, 0.1) is 0 Å². The fourth-order valence-electron chi connectivity index (χ4n) is 5.54. The molecule has 2 aromatic carbocycles. The Morgan fingerprint density at radius 1 is 0.975 bits per heavy atom. The van der Waals surface area contributed by atoms with Crippen LogP contribution in [0.5, 0.6) is 0 Å². The lowest BCUT2D eigenvalue weighted by atomic mass is 9.77. The SMILES string of the molecule is CCNC(=O)c1ccc(C2(O)CCC(N3CC[C@@H](NC(=O)CNC(=O)c4cccc(C(F)(F)F)c4)C3)CC2)cc1. The molecule has 0 unspecified atom stereocenters. The molecular formula is C29H35F3N4O4. The fourth-order valence-corrected chi connectivity index (χ4v) is 5.54. The molecule has 4 rings (SSSR count). The summed E-state index contributed by atoms with van der Waals surface area (Å²) in [5.41, 5.74) is -0.668. The largest absolute Gasteiger partial charge is 0.416 e. The number of benzene rings is 2. The zero-order chi connectivity index (χ0) is 28.9. The van der Waals surface area contributed by atoms with Crippen LogP contribution in [0.2, 0.25) is 0 Å². The highest BCUT2D eigenvalue weighted by molar-refractivity contribution is 5.96. The van der Waals surface area contributed by atoms with Crippen LogP contribution in [-0.4, -0.2) is 66.0 Å². The predicted octanol–water partition coefficient (Wildman–Crippen LogP) is 3.21. The van der Waals surface area contributed by atoms with Crippen LogP contribution in [0.3, 0.4) is 0 Å². The highest BCUT2D eigenvalue weighted by atomic mass is 19.4. The van der Waals surface area contributed by atoms with Crippen LogP contribution in [0.25, 0.3) is 0 Å². The minimum atomic E-state index is -4.56. The standard InChI is InChI=1S/C29H35F3N4O4/c1-2-33-26(38)19-6-8-21(9-7-19)28(40)13-10-24(11-14-28)36-15-12-23(18-36)35-25(37)17-34-27(39)20-4-3-5-22(16-20)29(30,31)32/h3-9,16,23-24,40H,2,10-15,17-18H2,1H3,(H,33,38)(H,34,39)(H,35,37)/t23-,24?,28?/m1/s1. The fraction of sp³-hybridized carbons (Fsp3) is 0.483. The molecular weight excluding hydrogens is 525 g/mol. The van der Waals surface area contributed by atoms with Crippen LogP contribution >= 0.6 is 0 Å². The quantitative estimate of drug-likeness (QED) is 0.397. The summed E-state index contributed by atoms with van der Waals surface area (Å²) in [6.07, 6.45) is -1.04. The Hall–Kier alpha value is -3.44. The van der Waals surface area contributed by atoms with Gasteiger partial charge in [-0.1, -0.05) is 18.2 Å². The van der Waals surface area contributed by atoms with Crippen molar-refractivity contribution >= 4 is 17.7 Å². The molecule has 1 saturated carbocycles. The highest BCUT2D eigenvalue weighted by Crippen LogP contribution is 2.39. The number of carbonyl (C=O) groups excluding carboxylic acids is 3. The molecule has 3 amide bonds. The molecule has 8 nitrogen and oxygen atoms in total. The minimum absolute atomic E-state index is 0.0967. The third-order valence-electron chi connectivity index (χ3n) is 7.77. The number of amides is 3. The summed E-state index contributed by atoms with van der Waals surface area (Å²) in [6.45, 7) is 3.52. The number of hydrogen-bond acceptors (Lipinski definition) is 5. The van der Waals surface area contributed by atoms with E-state index in [0.717, 1.165) is 49.6 Å². The van der Waals surface area contributed by atoms with E-state index >= 15 is 0 Å². The van der Waals surface area contributed by atoms with Gasteiger partial charge in [-0.3, -0.25) is 19.3 Å². The number of rotatable bonds is 8. The summed E-state index contributed by atoms with van der Waals surface area (Å²) in [7, 11) is 0. The molecule has 2 fully saturated rings. The molecule has 1 heterocycles. The number of alkyl halides is 3. The van der Waals surface area contributed by atoms with Gasteiger partial charge in [-0.2, -0.15) is 13.2 Å². The molecule has 0 spiro atoms. The minimum Gasteiger partial charge on any atom is -0.385 e. The van der Waals surface area contributed by atoms with Crippen LogP contribution in [0.1, 0.15) is 70.9 Å². The monoisotopic (exact) mass is 560 g/mol. The molecule has 1 atom stereocenters. The van der Waals surface area contributed by atoms with E-state index in [-0.39, 0.29) is 30.1 Å². The molecule has 216 valence electrons. The van der Waals surface area contributed by atoms with E-state index in [1.807, 2.05) is 19.1 Å². The second kappa shape index (κ2) is 12.4. The van der Waals surface area contributed by atoms with E-state index < -0.39 is 29.2 Å². The van der Waals surface area contributed by atoms with Crippen LogP contribution in [-0.2, 0) is 16.6 Å². The number of halogens is 3. The molecule has 1 saturated heterocycles. The van der Waals surface area contributed by atoms with E-state index in [4.69, 9.17) is 0 Å². The van der Waals surface area contributed by atoms with E-state index in [1.54, 1.807) is 12.1 Å². The first-order valence-corrected chi connectivity index (χ1v) is 13.6. The molecule has 1 aliphatic heterocycles. The highest BCUT2D eigenvalue weighted by Gasteiger charge is 2.38. The Labute approximate surface area is 231 Å². The Morgan fingerprint density at radius 3 is 2.30 bits per heavy atom. The molecule has 0 radical (unpaired) electrons. The zero-order valence-electron chi connectivity index (χ0n) is 22.4. The van der Waals surface area contributed by atoms with Crippen molar-refractivity contribution in [3.8, 4) is 0 Å². The summed E-state index contributed by atoms with van der Waals surface area (Å²) in [5.74, 6) is -1.29. The van der Waals surface area contributed by atoms with Gasteiger partial charge in [-0.05, 0) is 74.9 Å². The second-order valence-electron chi connectivity index (χ2n) is 10.5. The van der Waals surface area contributed by atoms with Gasteiger partial charge in [0.15, 0.2) is 0 Å². The lowest BCUT2D eigenvalue weighted by Crippen LogP contribution is -2.45. The number of nitrogens with zero attached hydrogens (tertiary/aromatic N) is 1. The normalized spacial score (nSPS) is 23.4. The van der Waals surface area contributed by atoms with E-state index in [1.165, 1.54) is 6.07 Å². The lowest BCUT2D eigenvalue weighted by molar-refractivity contribution is -0.137. The topological polar surface area (TPSA) is 111 Å². The third-order valence-corrected chi connectivity index (χ3v) is 7.77. The van der Waals surface area contributed by atoms with Gasteiger partial charge in [0.1, 0.15) is 0 Å². The Morgan fingerprint density at radius 2 is 1.65 bits per heavy atom. The van der Waals surface area contributed by atoms with Crippen molar-refractivity contribution in [2.75, 3.05) is 26.2 Å². The molecule has 0 bridgehead atoms. The second-order valence-corrected chi connectivity index (χ2v) is 10.5. The maximum absolute atomic E-state index is 12.9. The van der Waals surface area contributed by atoms with E-state index in [0.29, 0.717) is 31.5 Å². The summed E-state index contributed by atoms with van der Waals surface area (Å²) in [5, 5.41) is 19.3. The third kappa shape index (κ3) is 7.19. The van der Waals surface area contributed by atoms with Gasteiger partial charge < -0.3 is 21.1 Å². The predicted molar refractivity (Wildman–Crippen MR) is 142 cm³/mol. The smallest absolute Gasteiger partial charge is 0.385 e. The van der Waals surface area contributed by atoms with E-state index in [9.17, 15) is 32.7 Å². The number of likely N-dealkylation sites (tertiary alicyclic amines) is 1. The first kappa shape index (κ1) is 29.5. The zero-order valence-corrected chi connectivity index (χ0v) is 22.4. The first-order valence-electron chi connectivity index (χ1n) is 13.6. The van der Waals surface area contributed by atoms with Gasteiger partial charge in [0.05, 0.1) is 17.7 Å². The molecule has 11 heteroatoms. The molecule has 4 N–H and O–H groups in total. The Balaban J connectivity index is 1.21. The molecule has 0 aromatic heterocycles. The number of aliphatic hydroxyl groups is 1. The van der Waals surface area contributed by atoms with Crippen LogP contribution < -0.4 is 16.0 Å². The molecule has 40 heavy (non-hydrogen) atoms. The van der Waals surface area contributed by atoms with E-state index in [2.05, 4.69) is 20.9 Å². The first-order chi connectivity index (χ1) is 19.0. The van der Waals surface area contributed by atoms with Crippen molar-refractivity contribution in [3.05, 3.63) is 70.8 Å². The summed E-state index contributed by atoms with van der Waals surface area (Å²) in [4.78, 5) is 39.0. The van der Waals surface area contributed by atoms with Crippen LogP contribution in [0.15, 0.2) is 48.5 Å². The summed E-state index contributed by atoms with van der Waals surface area (Å²) >= 11 is 0. The van der Waals surface area contributed by atoms with Crippen molar-refractivity contribution in [1.29, 1.82) is 0 Å². The Kier molecular flexibility index (Phi) is 9.15. The summed E-state index contributed by atoms with van der Waals surface area (Å²) < 4.78 is 38.7. The molecule has 2 aromatic rings. The number of carbonyl (C=O) groups is 3. The van der Waals surface area contributed by atoms with Gasteiger partial charge in [-0.25, -0.2) is 0 Å². The van der Waals surface area contributed by atoms with Crippen molar-refractivity contribution in [3.63, 3.8) is 0 Å². The number of nitrogens with one attached hydrogen (secondary N) is 3. The number of hydrogen-bond donors (Lipinski definition) is 4. The maximum Gasteiger partial charge on any atom is 0.416 e. The lowest BCUT2D eigenvalue weighted by Gasteiger charge is -2.40. The van der Waals surface area contributed by atoms with Gasteiger partial charge in [0.2, 0.25) is 5.91 Å². The summed E-state index contributed by atoms with van der Waals surface area (Å²) in [6, 6.07) is 11.3. The molecule has 1 aliphatic carbocycles. The van der Waals surface area contributed by atoms with Crippen molar-refractivity contribution in [2.24, 2.45) is 0 Å². The van der Waals surface area contributed by atoms with Gasteiger partial charge in [-0.15, -0.1) is 0 Å². The van der Waals surface area contributed by atoms with Crippen molar-refractivity contribution in [2.45, 2.75) is 62.9 Å². The van der Waals surface area contributed by atoms with Gasteiger partial charge in [0, 0.05) is 42.8 Å². The van der Waals surface area contributed by atoms with Gasteiger partial charge >= 0.3 is 6.18 Å².